The number of aromatic nitrogens is 2. The Morgan fingerprint density at radius 2 is 1.96 bits per heavy atom. The van der Waals surface area contributed by atoms with Gasteiger partial charge in [-0.25, -0.2) is 4.98 Å². The smallest absolute Gasteiger partial charge is 0.228 e. The molecule has 0 aliphatic carbocycles. The molecule has 0 amide bonds. The first-order valence-electron chi connectivity index (χ1n) is 9.26. The first-order valence-corrected chi connectivity index (χ1v) is 9.26. The molecule has 2 aromatic rings. The van der Waals surface area contributed by atoms with Crippen LogP contribution in [0, 0.1) is 0 Å². The van der Waals surface area contributed by atoms with Gasteiger partial charge in [-0.05, 0) is 39.3 Å². The molecule has 4 rings (SSSR count). The largest absolute Gasteiger partial charge is 0.488 e. The van der Waals surface area contributed by atoms with E-state index < -0.39 is 0 Å². The van der Waals surface area contributed by atoms with Gasteiger partial charge in [0.1, 0.15) is 17.2 Å². The van der Waals surface area contributed by atoms with Gasteiger partial charge >= 0.3 is 0 Å². The first-order chi connectivity index (χ1) is 12.5. The molecule has 3 heterocycles. The van der Waals surface area contributed by atoms with E-state index in [0.29, 0.717) is 0 Å². The highest BCUT2D eigenvalue weighted by Gasteiger charge is 2.23. The van der Waals surface area contributed by atoms with Crippen molar-refractivity contribution in [3.63, 3.8) is 0 Å². The summed E-state index contributed by atoms with van der Waals surface area (Å²) < 4.78 is 11.5. The summed E-state index contributed by atoms with van der Waals surface area (Å²) >= 11 is 0. The fourth-order valence-corrected chi connectivity index (χ4v) is 3.37. The highest BCUT2D eigenvalue weighted by Crippen LogP contribution is 2.34. The number of hydrogen-bond donors (Lipinski definition) is 1. The van der Waals surface area contributed by atoms with E-state index >= 15 is 0 Å². The molecule has 0 spiro atoms. The average molecular weight is 354 g/mol. The van der Waals surface area contributed by atoms with Crippen molar-refractivity contribution in [2.45, 2.75) is 32.8 Å². The minimum absolute atomic E-state index is 0.229. The molecule has 0 saturated carbocycles. The van der Waals surface area contributed by atoms with Crippen LogP contribution in [0.15, 0.2) is 24.3 Å². The highest BCUT2D eigenvalue weighted by molar-refractivity contribution is 5.73. The third kappa shape index (κ3) is 3.60. The lowest BCUT2D eigenvalue weighted by Gasteiger charge is -2.27. The van der Waals surface area contributed by atoms with E-state index in [9.17, 15) is 0 Å². The van der Waals surface area contributed by atoms with Crippen LogP contribution >= 0.6 is 0 Å². The summed E-state index contributed by atoms with van der Waals surface area (Å²) in [6.07, 6.45) is 0.943. The van der Waals surface area contributed by atoms with E-state index in [1.54, 1.807) is 0 Å². The van der Waals surface area contributed by atoms with Gasteiger partial charge in [0.2, 0.25) is 5.95 Å². The Kier molecular flexibility index (Phi) is 4.44. The van der Waals surface area contributed by atoms with E-state index in [-0.39, 0.29) is 5.60 Å². The molecule has 6 heteroatoms. The Morgan fingerprint density at radius 3 is 2.73 bits per heavy atom. The molecule has 6 nitrogen and oxygen atoms in total. The molecule has 138 valence electrons. The van der Waals surface area contributed by atoms with Crippen LogP contribution in [0.25, 0.3) is 11.3 Å². The van der Waals surface area contributed by atoms with Crippen molar-refractivity contribution >= 4 is 11.8 Å². The number of ether oxygens (including phenoxy) is 2. The molecule has 2 aliphatic heterocycles. The van der Waals surface area contributed by atoms with Crippen molar-refractivity contribution < 1.29 is 9.47 Å². The Labute approximate surface area is 154 Å². The summed E-state index contributed by atoms with van der Waals surface area (Å²) in [4.78, 5) is 11.9. The minimum Gasteiger partial charge on any atom is -0.488 e. The topological polar surface area (TPSA) is 59.5 Å². The van der Waals surface area contributed by atoms with Crippen molar-refractivity contribution in [2.75, 3.05) is 43.1 Å². The molecular weight excluding hydrogens is 328 g/mol. The van der Waals surface area contributed by atoms with Gasteiger partial charge in [0.15, 0.2) is 0 Å². The van der Waals surface area contributed by atoms with Crippen molar-refractivity contribution in [2.24, 2.45) is 0 Å². The molecule has 0 radical (unpaired) electrons. The Bertz CT molecular complexity index is 795. The Hall–Kier alpha value is -2.34. The van der Waals surface area contributed by atoms with Gasteiger partial charge in [0.25, 0.3) is 0 Å². The molecule has 2 aliphatic rings. The van der Waals surface area contributed by atoms with Gasteiger partial charge in [-0.2, -0.15) is 4.98 Å². The number of hydrogen-bond acceptors (Lipinski definition) is 6. The van der Waals surface area contributed by atoms with Crippen LogP contribution in [0.2, 0.25) is 0 Å². The molecule has 0 bridgehead atoms. The summed E-state index contributed by atoms with van der Waals surface area (Å²) in [5, 5.41) is 3.40. The van der Waals surface area contributed by atoms with Gasteiger partial charge in [-0.15, -0.1) is 0 Å². The van der Waals surface area contributed by atoms with Crippen molar-refractivity contribution in [1.82, 2.24) is 9.97 Å². The zero-order valence-electron chi connectivity index (χ0n) is 15.7. The van der Waals surface area contributed by atoms with Crippen LogP contribution in [0.5, 0.6) is 5.75 Å². The van der Waals surface area contributed by atoms with Crippen LogP contribution in [-0.4, -0.2) is 48.4 Å². The molecule has 0 atom stereocenters. The fourth-order valence-electron chi connectivity index (χ4n) is 3.37. The van der Waals surface area contributed by atoms with E-state index in [0.717, 1.165) is 68.0 Å². The lowest BCUT2D eigenvalue weighted by molar-refractivity contribution is 0.122. The number of nitrogens with zero attached hydrogens (tertiary/aromatic N) is 3. The van der Waals surface area contributed by atoms with Crippen LogP contribution < -0.4 is 15.0 Å². The zero-order valence-corrected chi connectivity index (χ0v) is 15.7. The lowest BCUT2D eigenvalue weighted by Crippen LogP contribution is -2.37. The SMILES string of the molecule is CC(C)(C)Oc1cccc(-c2nc(N3CCOCC3)nc3c2CCN3)c1. The number of nitrogens with one attached hydrogen (secondary N) is 1. The molecule has 1 fully saturated rings. The normalized spacial score (nSPS) is 17.0. The third-order valence-corrected chi connectivity index (χ3v) is 4.49. The molecule has 1 N–H and O–H groups in total. The maximum atomic E-state index is 6.04. The van der Waals surface area contributed by atoms with Gasteiger partial charge in [-0.3, -0.25) is 0 Å². The number of benzene rings is 1. The highest BCUT2D eigenvalue weighted by atomic mass is 16.5. The third-order valence-electron chi connectivity index (χ3n) is 4.49. The maximum Gasteiger partial charge on any atom is 0.228 e. The second-order valence-corrected chi connectivity index (χ2v) is 7.72. The van der Waals surface area contributed by atoms with Gasteiger partial charge in [0, 0.05) is 30.8 Å². The monoisotopic (exact) mass is 354 g/mol. The summed E-state index contributed by atoms with van der Waals surface area (Å²) in [5.41, 5.74) is 3.03. The predicted octanol–water partition coefficient (Wildman–Crippen LogP) is 3.13. The molecule has 0 unspecified atom stereocenters. The quantitative estimate of drug-likeness (QED) is 0.914. The van der Waals surface area contributed by atoms with E-state index in [4.69, 9.17) is 19.4 Å². The van der Waals surface area contributed by atoms with Crippen LogP contribution in [0.3, 0.4) is 0 Å². The molecule has 1 aromatic carbocycles. The van der Waals surface area contributed by atoms with Gasteiger partial charge < -0.3 is 19.7 Å². The van der Waals surface area contributed by atoms with E-state index in [2.05, 4.69) is 43.1 Å². The second-order valence-electron chi connectivity index (χ2n) is 7.72. The number of rotatable bonds is 3. The van der Waals surface area contributed by atoms with Gasteiger partial charge in [-0.1, -0.05) is 12.1 Å². The van der Waals surface area contributed by atoms with Crippen LogP contribution in [0.4, 0.5) is 11.8 Å². The van der Waals surface area contributed by atoms with Gasteiger partial charge in [0.05, 0.1) is 18.9 Å². The molecule has 1 aromatic heterocycles. The number of fused-ring (bicyclic) bond motifs is 1. The second kappa shape index (κ2) is 6.76. The lowest BCUT2D eigenvalue weighted by atomic mass is 10.0. The molecule has 1 saturated heterocycles. The maximum absolute atomic E-state index is 6.04. The van der Waals surface area contributed by atoms with E-state index in [1.165, 1.54) is 5.56 Å². The number of anilines is 2. The van der Waals surface area contributed by atoms with E-state index in [1.807, 2.05) is 12.1 Å². The van der Waals surface area contributed by atoms with Crippen molar-refractivity contribution in [3.05, 3.63) is 29.8 Å². The number of morpholine rings is 1. The van der Waals surface area contributed by atoms with Crippen molar-refractivity contribution in [1.29, 1.82) is 0 Å². The van der Waals surface area contributed by atoms with Crippen LogP contribution in [-0.2, 0) is 11.2 Å². The van der Waals surface area contributed by atoms with Crippen LogP contribution in [0.1, 0.15) is 26.3 Å². The molecule has 26 heavy (non-hydrogen) atoms. The summed E-state index contributed by atoms with van der Waals surface area (Å²) in [6.45, 7) is 10.2. The van der Waals surface area contributed by atoms with Crippen molar-refractivity contribution in [3.8, 4) is 17.0 Å². The first kappa shape index (κ1) is 17.1. The summed E-state index contributed by atoms with van der Waals surface area (Å²) in [7, 11) is 0. The summed E-state index contributed by atoms with van der Waals surface area (Å²) in [6, 6.07) is 8.20. The Balaban J connectivity index is 1.73. The molecular formula is C20H26N4O2. The fraction of sp³-hybridized carbons (Fsp3) is 0.500. The summed E-state index contributed by atoms with van der Waals surface area (Å²) in [5.74, 6) is 2.60. The minimum atomic E-state index is -0.229. The Morgan fingerprint density at radius 1 is 1.15 bits per heavy atom. The zero-order chi connectivity index (χ0) is 18.1. The standard InChI is InChI=1S/C20H26N4O2/c1-20(2,3)26-15-6-4-5-14(13-15)17-16-7-8-21-18(16)23-19(22-17)24-9-11-25-12-10-24/h4-6,13H,7-12H2,1-3H3,(H,21,22,23). The average Bonchev–Trinajstić information content (AvgIpc) is 3.09. The predicted molar refractivity (Wildman–Crippen MR) is 103 cm³/mol.